The van der Waals surface area contributed by atoms with Crippen molar-refractivity contribution >= 4 is 23.3 Å². The van der Waals surface area contributed by atoms with E-state index in [1.165, 1.54) is 7.11 Å². The normalized spacial score (nSPS) is 10.4. The van der Waals surface area contributed by atoms with Crippen LogP contribution in [0.5, 0.6) is 0 Å². The molecule has 0 bridgehead atoms. The van der Waals surface area contributed by atoms with Crippen LogP contribution in [0.1, 0.15) is 27.4 Å². The molecule has 134 valence electrons. The third-order valence-corrected chi connectivity index (χ3v) is 3.56. The SMILES string of the molecule is CONC(=N)CCNC(=O)c1cc(NC(=O)c2cccn2C)cn1C. The van der Waals surface area contributed by atoms with Crippen LogP contribution in [-0.4, -0.2) is 40.4 Å². The van der Waals surface area contributed by atoms with Gasteiger partial charge in [-0.2, -0.15) is 0 Å². The van der Waals surface area contributed by atoms with E-state index in [4.69, 9.17) is 5.41 Å². The number of amidine groups is 1. The van der Waals surface area contributed by atoms with E-state index < -0.39 is 0 Å². The minimum Gasteiger partial charge on any atom is -0.350 e. The van der Waals surface area contributed by atoms with Gasteiger partial charge in [-0.3, -0.25) is 25.3 Å². The fraction of sp³-hybridized carbons (Fsp3) is 0.312. The smallest absolute Gasteiger partial charge is 0.272 e. The van der Waals surface area contributed by atoms with Crippen molar-refractivity contribution in [3.05, 3.63) is 42.0 Å². The zero-order valence-corrected chi connectivity index (χ0v) is 14.4. The van der Waals surface area contributed by atoms with Gasteiger partial charge in [-0.1, -0.05) is 0 Å². The first-order valence-electron chi connectivity index (χ1n) is 7.66. The fourth-order valence-electron chi connectivity index (χ4n) is 2.32. The molecule has 0 unspecified atom stereocenters. The van der Waals surface area contributed by atoms with E-state index in [9.17, 15) is 9.59 Å². The average molecular weight is 346 g/mol. The van der Waals surface area contributed by atoms with Crippen LogP contribution in [0.4, 0.5) is 5.69 Å². The molecule has 4 N–H and O–H groups in total. The van der Waals surface area contributed by atoms with E-state index in [-0.39, 0.29) is 17.6 Å². The molecule has 0 aliphatic heterocycles. The van der Waals surface area contributed by atoms with Crippen molar-refractivity contribution in [3.63, 3.8) is 0 Å². The Morgan fingerprint density at radius 1 is 1.20 bits per heavy atom. The summed E-state index contributed by atoms with van der Waals surface area (Å²) in [5, 5.41) is 13.0. The van der Waals surface area contributed by atoms with Gasteiger partial charge >= 0.3 is 0 Å². The van der Waals surface area contributed by atoms with Crippen LogP contribution in [0.3, 0.4) is 0 Å². The second-order valence-electron chi connectivity index (χ2n) is 5.47. The van der Waals surface area contributed by atoms with E-state index in [0.717, 1.165) is 0 Å². The summed E-state index contributed by atoms with van der Waals surface area (Å²) in [5.41, 5.74) is 3.86. The number of rotatable bonds is 7. The molecule has 2 amide bonds. The van der Waals surface area contributed by atoms with E-state index in [1.54, 1.807) is 53.8 Å². The molecule has 25 heavy (non-hydrogen) atoms. The molecule has 9 heteroatoms. The van der Waals surface area contributed by atoms with Crippen molar-refractivity contribution < 1.29 is 14.4 Å². The minimum atomic E-state index is -0.285. The van der Waals surface area contributed by atoms with Crippen LogP contribution in [0, 0.1) is 5.41 Å². The van der Waals surface area contributed by atoms with Gasteiger partial charge in [0.2, 0.25) is 0 Å². The molecule has 0 aliphatic carbocycles. The number of carbonyl (C=O) groups excluding carboxylic acids is 2. The largest absolute Gasteiger partial charge is 0.350 e. The van der Waals surface area contributed by atoms with Crippen LogP contribution in [0.15, 0.2) is 30.6 Å². The highest BCUT2D eigenvalue weighted by atomic mass is 16.6. The lowest BCUT2D eigenvalue weighted by Crippen LogP contribution is -2.30. The molecule has 0 spiro atoms. The Kier molecular flexibility index (Phi) is 5.96. The fourth-order valence-corrected chi connectivity index (χ4v) is 2.32. The first-order chi connectivity index (χ1) is 11.9. The number of hydroxylamine groups is 1. The highest BCUT2D eigenvalue weighted by molar-refractivity contribution is 6.04. The van der Waals surface area contributed by atoms with Gasteiger partial charge in [-0.15, -0.1) is 0 Å². The molecule has 2 aromatic heterocycles. The maximum absolute atomic E-state index is 12.2. The van der Waals surface area contributed by atoms with Gasteiger partial charge in [0.15, 0.2) is 0 Å². The van der Waals surface area contributed by atoms with Gasteiger partial charge in [0, 0.05) is 39.5 Å². The van der Waals surface area contributed by atoms with Crippen molar-refractivity contribution in [3.8, 4) is 0 Å². The maximum Gasteiger partial charge on any atom is 0.272 e. The second kappa shape index (κ2) is 8.15. The number of anilines is 1. The Labute approximate surface area is 145 Å². The molecule has 9 nitrogen and oxygen atoms in total. The van der Waals surface area contributed by atoms with Crippen molar-refractivity contribution in [1.82, 2.24) is 19.9 Å². The highest BCUT2D eigenvalue weighted by Gasteiger charge is 2.15. The molecular formula is C16H22N6O3. The predicted molar refractivity (Wildman–Crippen MR) is 93.6 cm³/mol. The molecule has 0 aromatic carbocycles. The van der Waals surface area contributed by atoms with Gasteiger partial charge in [0.25, 0.3) is 11.8 Å². The summed E-state index contributed by atoms with van der Waals surface area (Å²) in [6.07, 6.45) is 3.78. The minimum absolute atomic E-state index is 0.171. The lowest BCUT2D eigenvalue weighted by molar-refractivity contribution is 0.0944. The van der Waals surface area contributed by atoms with Crippen LogP contribution in [0.2, 0.25) is 0 Å². The predicted octanol–water partition coefficient (Wildman–Crippen LogP) is 0.864. The Morgan fingerprint density at radius 2 is 1.96 bits per heavy atom. The van der Waals surface area contributed by atoms with Crippen LogP contribution in [0.25, 0.3) is 0 Å². The van der Waals surface area contributed by atoms with Crippen molar-refractivity contribution in [1.29, 1.82) is 5.41 Å². The van der Waals surface area contributed by atoms with Crippen molar-refractivity contribution in [2.24, 2.45) is 14.1 Å². The summed E-state index contributed by atoms with van der Waals surface area (Å²) in [6, 6.07) is 5.11. The van der Waals surface area contributed by atoms with Gasteiger partial charge < -0.3 is 19.8 Å². The number of nitrogens with zero attached hydrogens (tertiary/aromatic N) is 2. The molecule has 0 atom stereocenters. The summed E-state index contributed by atoms with van der Waals surface area (Å²) in [5.74, 6) is -0.360. The van der Waals surface area contributed by atoms with Gasteiger partial charge in [0.1, 0.15) is 17.2 Å². The van der Waals surface area contributed by atoms with Gasteiger partial charge in [-0.05, 0) is 18.2 Å². The molecular weight excluding hydrogens is 324 g/mol. The average Bonchev–Trinajstić information content (AvgIpc) is 3.13. The Morgan fingerprint density at radius 3 is 2.60 bits per heavy atom. The molecule has 0 saturated carbocycles. The summed E-state index contributed by atoms with van der Waals surface area (Å²) in [7, 11) is 4.93. The van der Waals surface area contributed by atoms with E-state index in [1.807, 2.05) is 0 Å². The number of aromatic nitrogens is 2. The van der Waals surface area contributed by atoms with E-state index in [2.05, 4.69) is 21.0 Å². The monoisotopic (exact) mass is 346 g/mol. The van der Waals surface area contributed by atoms with E-state index in [0.29, 0.717) is 30.0 Å². The number of nitrogens with one attached hydrogen (secondary N) is 4. The Balaban J connectivity index is 1.95. The van der Waals surface area contributed by atoms with Gasteiger partial charge in [0.05, 0.1) is 12.8 Å². The molecule has 0 radical (unpaired) electrons. The standard InChI is InChI=1S/C16H22N6O3/c1-21-8-4-5-12(21)16(24)19-11-9-13(22(2)10-11)15(23)18-7-6-14(17)20-25-3/h4-5,8-10H,6-7H2,1-3H3,(H2,17,20)(H,18,23)(H,19,24). The summed E-state index contributed by atoms with van der Waals surface area (Å²) < 4.78 is 3.35. The maximum atomic E-state index is 12.2. The number of amides is 2. The molecule has 2 heterocycles. The zero-order chi connectivity index (χ0) is 18.4. The zero-order valence-electron chi connectivity index (χ0n) is 14.4. The molecule has 2 rings (SSSR count). The summed E-state index contributed by atoms with van der Waals surface area (Å²) >= 11 is 0. The third kappa shape index (κ3) is 4.70. The first kappa shape index (κ1) is 18.3. The van der Waals surface area contributed by atoms with Crippen LogP contribution >= 0.6 is 0 Å². The number of carbonyl (C=O) groups is 2. The topological polar surface area (TPSA) is 113 Å². The Hall–Kier alpha value is -3.07. The van der Waals surface area contributed by atoms with Crippen molar-refractivity contribution in [2.75, 3.05) is 19.0 Å². The molecule has 2 aromatic rings. The summed E-state index contributed by atoms with van der Waals surface area (Å²) in [4.78, 5) is 29.0. The lowest BCUT2D eigenvalue weighted by Gasteiger charge is -2.07. The highest BCUT2D eigenvalue weighted by Crippen LogP contribution is 2.14. The Bertz CT molecular complexity index is 777. The summed E-state index contributed by atoms with van der Waals surface area (Å²) in [6.45, 7) is 0.296. The number of hydrogen-bond donors (Lipinski definition) is 4. The van der Waals surface area contributed by atoms with Crippen LogP contribution < -0.4 is 16.1 Å². The quantitative estimate of drug-likeness (QED) is 0.338. The number of hydrogen-bond acceptors (Lipinski definition) is 4. The molecule has 0 aliphatic rings. The van der Waals surface area contributed by atoms with Crippen LogP contribution in [-0.2, 0) is 18.9 Å². The van der Waals surface area contributed by atoms with Crippen molar-refractivity contribution in [2.45, 2.75) is 6.42 Å². The molecule has 0 saturated heterocycles. The molecule has 0 fully saturated rings. The lowest BCUT2D eigenvalue weighted by atomic mass is 10.3. The third-order valence-electron chi connectivity index (χ3n) is 3.56. The first-order valence-corrected chi connectivity index (χ1v) is 7.66. The second-order valence-corrected chi connectivity index (χ2v) is 5.47. The van der Waals surface area contributed by atoms with E-state index >= 15 is 0 Å². The number of aryl methyl sites for hydroxylation is 2. The van der Waals surface area contributed by atoms with Gasteiger partial charge in [-0.25, -0.2) is 0 Å².